The Hall–Kier alpha value is -3.61. The number of hydrogen-bond donors (Lipinski definition) is 0. The predicted molar refractivity (Wildman–Crippen MR) is 94.0 cm³/mol. The van der Waals surface area contributed by atoms with Crippen molar-refractivity contribution in [2.45, 2.75) is 0 Å². The number of ether oxygens (including phenoxy) is 2. The molecule has 0 aliphatic carbocycles. The maximum absolute atomic E-state index is 12.8. The fraction of sp³-hybridized carbons (Fsp3) is 0.105. The summed E-state index contributed by atoms with van der Waals surface area (Å²) < 4.78 is 17.9. The molecule has 4 aromatic rings. The van der Waals surface area contributed by atoms with E-state index in [-0.39, 0.29) is 18.1 Å². The molecule has 0 saturated carbocycles. The number of fused-ring (bicyclic) bond motifs is 2. The largest absolute Gasteiger partial charge is 0.454 e. The summed E-state index contributed by atoms with van der Waals surface area (Å²) in [5.74, 6) is 1.88. The Morgan fingerprint density at radius 1 is 1.08 bits per heavy atom. The lowest BCUT2D eigenvalue weighted by molar-refractivity contribution is 0.174. The smallest absolute Gasteiger partial charge is 0.263 e. The van der Waals surface area contributed by atoms with Crippen molar-refractivity contribution in [2.75, 3.05) is 6.79 Å². The highest BCUT2D eigenvalue weighted by Gasteiger charge is 2.19. The van der Waals surface area contributed by atoms with Crippen LogP contribution in [0.25, 0.3) is 33.7 Å². The second-order valence-electron chi connectivity index (χ2n) is 5.99. The summed E-state index contributed by atoms with van der Waals surface area (Å²) in [5, 5.41) is 4.62. The third-order valence-corrected chi connectivity index (χ3v) is 4.38. The van der Waals surface area contributed by atoms with E-state index in [0.717, 1.165) is 11.1 Å². The predicted octanol–water partition coefficient (Wildman–Crippen LogP) is 2.98. The Labute approximate surface area is 147 Å². The average Bonchev–Trinajstić information content (AvgIpc) is 3.33. The van der Waals surface area contributed by atoms with E-state index in [1.165, 1.54) is 0 Å². The number of nitrogens with zero attached hydrogens (tertiary/aromatic N) is 3. The molecule has 7 nitrogen and oxygen atoms in total. The van der Waals surface area contributed by atoms with Gasteiger partial charge in [0.25, 0.3) is 5.89 Å². The molecule has 0 unspecified atom stereocenters. The van der Waals surface area contributed by atoms with Gasteiger partial charge in [0.2, 0.25) is 18.0 Å². The van der Waals surface area contributed by atoms with Crippen molar-refractivity contribution in [1.82, 2.24) is 14.7 Å². The fourth-order valence-corrected chi connectivity index (χ4v) is 3.08. The van der Waals surface area contributed by atoms with Gasteiger partial charge in [0.15, 0.2) is 11.5 Å². The molecule has 0 amide bonds. The summed E-state index contributed by atoms with van der Waals surface area (Å²) in [6.45, 7) is 0.198. The van der Waals surface area contributed by atoms with Crippen LogP contribution in [-0.2, 0) is 7.05 Å². The van der Waals surface area contributed by atoms with E-state index >= 15 is 0 Å². The SMILES string of the molecule is Cn1cc(-c2nc(-c3ccc4c(c3)OCO4)no2)c(=O)c2ccccc21. The molecular formula is C19H13N3O4. The Morgan fingerprint density at radius 2 is 1.92 bits per heavy atom. The molecule has 26 heavy (non-hydrogen) atoms. The number of rotatable bonds is 2. The molecule has 1 aliphatic heterocycles. The molecule has 0 radical (unpaired) electrons. The normalized spacial score (nSPS) is 12.7. The standard InChI is InChI=1S/C19H13N3O4/c1-22-9-13(17(23)12-4-2-3-5-14(12)22)19-20-18(21-26-19)11-6-7-15-16(8-11)25-10-24-15/h2-9H,10H2,1H3. The molecule has 1 aliphatic rings. The zero-order valence-electron chi connectivity index (χ0n) is 13.8. The zero-order valence-corrected chi connectivity index (χ0v) is 13.8. The molecule has 5 rings (SSSR count). The fourth-order valence-electron chi connectivity index (χ4n) is 3.08. The second kappa shape index (κ2) is 5.45. The minimum absolute atomic E-state index is 0.139. The third kappa shape index (κ3) is 2.17. The number of aryl methyl sites for hydroxylation is 1. The molecule has 128 valence electrons. The summed E-state index contributed by atoms with van der Waals surface area (Å²) in [4.78, 5) is 17.2. The van der Waals surface area contributed by atoms with E-state index in [0.29, 0.717) is 28.3 Å². The monoisotopic (exact) mass is 347 g/mol. The molecule has 2 aromatic carbocycles. The van der Waals surface area contributed by atoms with Crippen molar-refractivity contribution >= 4 is 10.9 Å². The summed E-state index contributed by atoms with van der Waals surface area (Å²) >= 11 is 0. The summed E-state index contributed by atoms with van der Waals surface area (Å²) in [6.07, 6.45) is 1.71. The van der Waals surface area contributed by atoms with Crippen LogP contribution in [0.5, 0.6) is 11.5 Å². The first-order chi connectivity index (χ1) is 12.7. The molecule has 0 atom stereocenters. The number of pyridine rings is 1. The lowest BCUT2D eigenvalue weighted by Gasteiger charge is -2.06. The van der Waals surface area contributed by atoms with Gasteiger partial charge in [-0.2, -0.15) is 4.98 Å². The number of benzene rings is 2. The van der Waals surface area contributed by atoms with Crippen molar-refractivity contribution in [2.24, 2.45) is 7.05 Å². The van der Waals surface area contributed by atoms with Crippen molar-refractivity contribution in [3.05, 3.63) is 58.9 Å². The van der Waals surface area contributed by atoms with Gasteiger partial charge in [0.1, 0.15) is 5.56 Å². The lowest BCUT2D eigenvalue weighted by atomic mass is 10.1. The van der Waals surface area contributed by atoms with Gasteiger partial charge in [0.05, 0.1) is 5.52 Å². The summed E-state index contributed by atoms with van der Waals surface area (Å²) in [5.41, 5.74) is 1.80. The molecule has 0 bridgehead atoms. The quantitative estimate of drug-likeness (QED) is 0.555. The van der Waals surface area contributed by atoms with E-state index in [1.807, 2.05) is 35.9 Å². The van der Waals surface area contributed by atoms with Crippen LogP contribution in [0, 0.1) is 0 Å². The Kier molecular flexibility index (Phi) is 3.08. The highest BCUT2D eigenvalue weighted by atomic mass is 16.7. The number of hydrogen-bond acceptors (Lipinski definition) is 6. The van der Waals surface area contributed by atoms with Gasteiger partial charge in [-0.3, -0.25) is 4.79 Å². The van der Waals surface area contributed by atoms with Gasteiger partial charge < -0.3 is 18.6 Å². The van der Waals surface area contributed by atoms with E-state index in [4.69, 9.17) is 14.0 Å². The van der Waals surface area contributed by atoms with Gasteiger partial charge in [-0.15, -0.1) is 0 Å². The minimum atomic E-state index is -0.139. The summed E-state index contributed by atoms with van der Waals surface area (Å²) in [6, 6.07) is 12.8. The zero-order chi connectivity index (χ0) is 17.7. The molecule has 2 aromatic heterocycles. The molecule has 0 spiro atoms. The van der Waals surface area contributed by atoms with Gasteiger partial charge in [-0.1, -0.05) is 17.3 Å². The van der Waals surface area contributed by atoms with E-state index in [1.54, 1.807) is 24.4 Å². The highest BCUT2D eigenvalue weighted by Crippen LogP contribution is 2.35. The number of aromatic nitrogens is 3. The van der Waals surface area contributed by atoms with Crippen LogP contribution >= 0.6 is 0 Å². The summed E-state index contributed by atoms with van der Waals surface area (Å²) in [7, 11) is 1.88. The minimum Gasteiger partial charge on any atom is -0.454 e. The molecule has 0 fully saturated rings. The van der Waals surface area contributed by atoms with Gasteiger partial charge >= 0.3 is 0 Å². The van der Waals surface area contributed by atoms with E-state index in [9.17, 15) is 4.79 Å². The molecule has 0 saturated heterocycles. The van der Waals surface area contributed by atoms with Crippen molar-refractivity contribution in [1.29, 1.82) is 0 Å². The highest BCUT2D eigenvalue weighted by molar-refractivity contribution is 5.82. The maximum atomic E-state index is 12.8. The lowest BCUT2D eigenvalue weighted by Crippen LogP contribution is -2.10. The average molecular weight is 347 g/mol. The Morgan fingerprint density at radius 3 is 2.85 bits per heavy atom. The Bertz CT molecular complexity index is 1210. The van der Waals surface area contributed by atoms with E-state index in [2.05, 4.69) is 10.1 Å². The van der Waals surface area contributed by atoms with Crippen LogP contribution < -0.4 is 14.9 Å². The first-order valence-electron chi connectivity index (χ1n) is 8.03. The van der Waals surface area contributed by atoms with Crippen LogP contribution in [-0.4, -0.2) is 21.5 Å². The second-order valence-corrected chi connectivity index (χ2v) is 5.99. The molecular weight excluding hydrogens is 334 g/mol. The Balaban J connectivity index is 1.62. The van der Waals surface area contributed by atoms with Gasteiger partial charge in [0, 0.05) is 24.2 Å². The van der Waals surface area contributed by atoms with Crippen molar-refractivity contribution in [3.63, 3.8) is 0 Å². The van der Waals surface area contributed by atoms with E-state index < -0.39 is 0 Å². The molecule has 7 heteroatoms. The van der Waals surface area contributed by atoms with Gasteiger partial charge in [-0.05, 0) is 30.3 Å². The van der Waals surface area contributed by atoms with Crippen LogP contribution in [0.15, 0.2) is 58.0 Å². The van der Waals surface area contributed by atoms with Crippen molar-refractivity contribution in [3.8, 4) is 34.3 Å². The van der Waals surface area contributed by atoms with Crippen LogP contribution in [0.3, 0.4) is 0 Å². The maximum Gasteiger partial charge on any atom is 0.263 e. The topological polar surface area (TPSA) is 79.4 Å². The first-order valence-corrected chi connectivity index (χ1v) is 8.03. The number of para-hydroxylation sites is 1. The van der Waals surface area contributed by atoms with Crippen LogP contribution in [0.2, 0.25) is 0 Å². The molecule has 0 N–H and O–H groups in total. The first kappa shape index (κ1) is 14.7. The molecule has 3 heterocycles. The third-order valence-electron chi connectivity index (χ3n) is 4.38. The van der Waals surface area contributed by atoms with Gasteiger partial charge in [-0.25, -0.2) is 0 Å². The van der Waals surface area contributed by atoms with Crippen LogP contribution in [0.4, 0.5) is 0 Å². The van der Waals surface area contributed by atoms with Crippen molar-refractivity contribution < 1.29 is 14.0 Å². The van der Waals surface area contributed by atoms with Crippen LogP contribution in [0.1, 0.15) is 0 Å².